The van der Waals surface area contributed by atoms with E-state index < -0.39 is 29.0 Å². The summed E-state index contributed by atoms with van der Waals surface area (Å²) in [6.07, 6.45) is -3.70. The number of anilines is 1. The van der Waals surface area contributed by atoms with Gasteiger partial charge in [0.1, 0.15) is 5.82 Å². The molecule has 0 bridgehead atoms. The van der Waals surface area contributed by atoms with Crippen LogP contribution in [0, 0.1) is 19.7 Å². The SMILES string of the molecule is Cc1c(-c2ccccc2)nnc(N2CCC(N(C)C(=O)c3ccc(F)cc3C(F)(F)F)CC2)c1C. The molecule has 0 atom stereocenters. The van der Waals surface area contributed by atoms with Gasteiger partial charge in [0.15, 0.2) is 5.82 Å². The Morgan fingerprint density at radius 3 is 2.29 bits per heavy atom. The molecule has 0 N–H and O–H groups in total. The minimum atomic E-state index is -4.82. The topological polar surface area (TPSA) is 49.3 Å². The van der Waals surface area contributed by atoms with Crippen LogP contribution in [0.15, 0.2) is 48.5 Å². The van der Waals surface area contributed by atoms with Gasteiger partial charge in [-0.3, -0.25) is 4.79 Å². The van der Waals surface area contributed by atoms with Crippen LogP contribution in [0.1, 0.15) is 39.9 Å². The molecule has 4 rings (SSSR count). The largest absolute Gasteiger partial charge is 0.417 e. The first-order valence-corrected chi connectivity index (χ1v) is 11.4. The van der Waals surface area contributed by atoms with E-state index in [1.165, 1.54) is 11.9 Å². The molecule has 1 aliphatic rings. The average Bonchev–Trinajstić information content (AvgIpc) is 2.85. The van der Waals surface area contributed by atoms with E-state index in [1.54, 1.807) is 0 Å². The molecule has 0 aliphatic carbocycles. The second-order valence-electron chi connectivity index (χ2n) is 8.81. The minimum absolute atomic E-state index is 0.247. The summed E-state index contributed by atoms with van der Waals surface area (Å²) in [5.74, 6) is -1.03. The number of nitrogens with zero attached hydrogens (tertiary/aromatic N) is 4. The molecule has 0 spiro atoms. The molecule has 0 unspecified atom stereocenters. The van der Waals surface area contributed by atoms with Crippen molar-refractivity contribution in [2.45, 2.75) is 38.9 Å². The van der Waals surface area contributed by atoms with Gasteiger partial charge in [-0.1, -0.05) is 30.3 Å². The molecule has 1 fully saturated rings. The highest BCUT2D eigenvalue weighted by molar-refractivity contribution is 5.96. The quantitative estimate of drug-likeness (QED) is 0.447. The van der Waals surface area contributed by atoms with Crippen LogP contribution >= 0.6 is 0 Å². The molecule has 1 aromatic heterocycles. The zero-order valence-corrected chi connectivity index (χ0v) is 19.7. The summed E-state index contributed by atoms with van der Waals surface area (Å²) in [5, 5.41) is 8.93. The van der Waals surface area contributed by atoms with Crippen molar-refractivity contribution in [3.8, 4) is 11.3 Å². The van der Waals surface area contributed by atoms with E-state index >= 15 is 0 Å². The molecule has 1 aliphatic heterocycles. The number of aromatic nitrogens is 2. The van der Waals surface area contributed by atoms with Crippen LogP contribution in [0.5, 0.6) is 0 Å². The normalized spacial score (nSPS) is 14.8. The van der Waals surface area contributed by atoms with Crippen LogP contribution in [-0.4, -0.2) is 47.2 Å². The number of hydrogen-bond donors (Lipinski definition) is 0. The third-order valence-electron chi connectivity index (χ3n) is 6.69. The van der Waals surface area contributed by atoms with Crippen LogP contribution in [0.4, 0.5) is 23.4 Å². The maximum Gasteiger partial charge on any atom is 0.417 e. The Morgan fingerprint density at radius 1 is 1.00 bits per heavy atom. The number of carbonyl (C=O) groups excluding carboxylic acids is 1. The molecule has 35 heavy (non-hydrogen) atoms. The lowest BCUT2D eigenvalue weighted by Crippen LogP contribution is -2.46. The number of benzene rings is 2. The van der Waals surface area contributed by atoms with Crippen LogP contribution < -0.4 is 4.90 Å². The molecule has 1 saturated heterocycles. The molecular weight excluding hydrogens is 460 g/mol. The van der Waals surface area contributed by atoms with Gasteiger partial charge >= 0.3 is 6.18 Å². The van der Waals surface area contributed by atoms with Crippen molar-refractivity contribution in [1.82, 2.24) is 15.1 Å². The Hall–Kier alpha value is -3.49. The molecule has 2 heterocycles. The van der Waals surface area contributed by atoms with Crippen molar-refractivity contribution < 1.29 is 22.4 Å². The summed E-state index contributed by atoms with van der Waals surface area (Å²) in [7, 11) is 1.50. The van der Waals surface area contributed by atoms with Crippen molar-refractivity contribution in [2.75, 3.05) is 25.0 Å². The van der Waals surface area contributed by atoms with E-state index in [4.69, 9.17) is 0 Å². The molecular formula is C26H26F4N4O. The molecule has 2 aromatic carbocycles. The maximum atomic E-state index is 13.4. The average molecular weight is 487 g/mol. The van der Waals surface area contributed by atoms with Gasteiger partial charge in [0.2, 0.25) is 0 Å². The lowest BCUT2D eigenvalue weighted by Gasteiger charge is -2.38. The fourth-order valence-corrected chi connectivity index (χ4v) is 4.52. The van der Waals surface area contributed by atoms with E-state index in [2.05, 4.69) is 15.1 Å². The highest BCUT2D eigenvalue weighted by atomic mass is 19.4. The van der Waals surface area contributed by atoms with Crippen molar-refractivity contribution >= 4 is 11.7 Å². The number of alkyl halides is 3. The predicted molar refractivity (Wildman–Crippen MR) is 126 cm³/mol. The predicted octanol–water partition coefficient (Wildman–Crippen LogP) is 5.66. The van der Waals surface area contributed by atoms with Gasteiger partial charge in [0.25, 0.3) is 5.91 Å². The monoisotopic (exact) mass is 486 g/mol. The van der Waals surface area contributed by atoms with E-state index in [0.717, 1.165) is 40.3 Å². The Morgan fingerprint density at radius 2 is 1.66 bits per heavy atom. The van der Waals surface area contributed by atoms with Crippen LogP contribution in [0.2, 0.25) is 0 Å². The van der Waals surface area contributed by atoms with Crippen molar-refractivity contribution in [2.24, 2.45) is 0 Å². The van der Waals surface area contributed by atoms with E-state index in [-0.39, 0.29) is 6.04 Å². The standard InChI is InChI=1S/C26H26F4N4O/c1-16-17(2)24(32-31-23(16)18-7-5-4-6-8-18)34-13-11-20(12-14-34)33(3)25(35)21-10-9-19(27)15-22(21)26(28,29)30/h4-10,15,20H,11-14H2,1-3H3. The van der Waals surface area contributed by atoms with Crippen LogP contribution in [-0.2, 0) is 6.18 Å². The van der Waals surface area contributed by atoms with Crippen molar-refractivity contribution in [3.63, 3.8) is 0 Å². The van der Waals surface area contributed by atoms with E-state index in [9.17, 15) is 22.4 Å². The lowest BCUT2D eigenvalue weighted by atomic mass is 9.99. The first kappa shape index (κ1) is 24.6. The van der Waals surface area contributed by atoms with Crippen molar-refractivity contribution in [3.05, 3.63) is 76.6 Å². The van der Waals surface area contributed by atoms with Gasteiger partial charge in [-0.15, -0.1) is 10.2 Å². The van der Waals surface area contributed by atoms with E-state index in [0.29, 0.717) is 32.0 Å². The number of amides is 1. The summed E-state index contributed by atoms with van der Waals surface area (Å²) in [5.41, 5.74) is 2.07. The summed E-state index contributed by atoms with van der Waals surface area (Å²) >= 11 is 0. The molecule has 0 saturated carbocycles. The minimum Gasteiger partial charge on any atom is -0.355 e. The fourth-order valence-electron chi connectivity index (χ4n) is 4.52. The number of piperidine rings is 1. The number of rotatable bonds is 4. The summed E-state index contributed by atoms with van der Waals surface area (Å²) < 4.78 is 53.6. The van der Waals surface area contributed by atoms with Gasteiger partial charge < -0.3 is 9.80 Å². The third kappa shape index (κ3) is 4.99. The summed E-state index contributed by atoms with van der Waals surface area (Å²) in [6, 6.07) is 11.7. The van der Waals surface area contributed by atoms with Gasteiger partial charge in [-0.2, -0.15) is 13.2 Å². The van der Waals surface area contributed by atoms with Crippen molar-refractivity contribution in [1.29, 1.82) is 0 Å². The van der Waals surface area contributed by atoms with E-state index in [1.807, 2.05) is 44.2 Å². The summed E-state index contributed by atoms with van der Waals surface area (Å²) in [6.45, 7) is 5.17. The second kappa shape index (κ2) is 9.64. The first-order chi connectivity index (χ1) is 16.6. The molecule has 3 aromatic rings. The summed E-state index contributed by atoms with van der Waals surface area (Å²) in [4.78, 5) is 16.3. The Labute approximate surface area is 201 Å². The molecule has 184 valence electrons. The highest BCUT2D eigenvalue weighted by Crippen LogP contribution is 2.34. The maximum absolute atomic E-state index is 13.4. The number of carbonyl (C=O) groups is 1. The third-order valence-corrected chi connectivity index (χ3v) is 6.69. The van der Waals surface area contributed by atoms with Gasteiger partial charge in [0, 0.05) is 31.7 Å². The first-order valence-electron chi connectivity index (χ1n) is 11.4. The molecule has 0 radical (unpaired) electrons. The highest BCUT2D eigenvalue weighted by Gasteiger charge is 2.37. The molecule has 1 amide bonds. The van der Waals surface area contributed by atoms with Gasteiger partial charge in [-0.25, -0.2) is 4.39 Å². The zero-order chi connectivity index (χ0) is 25.3. The second-order valence-corrected chi connectivity index (χ2v) is 8.81. The van der Waals surface area contributed by atoms with Crippen LogP contribution in [0.3, 0.4) is 0 Å². The smallest absolute Gasteiger partial charge is 0.355 e. The number of hydrogen-bond acceptors (Lipinski definition) is 4. The Kier molecular flexibility index (Phi) is 6.78. The fraction of sp³-hybridized carbons (Fsp3) is 0.346. The van der Waals surface area contributed by atoms with Gasteiger partial charge in [0.05, 0.1) is 16.8 Å². The van der Waals surface area contributed by atoms with Gasteiger partial charge in [-0.05, 0) is 56.0 Å². The number of halogens is 4. The lowest BCUT2D eigenvalue weighted by molar-refractivity contribution is -0.138. The molecule has 9 heteroatoms. The zero-order valence-electron chi connectivity index (χ0n) is 19.7. The molecule has 5 nitrogen and oxygen atoms in total. The Bertz CT molecular complexity index is 1220. The van der Waals surface area contributed by atoms with Crippen LogP contribution in [0.25, 0.3) is 11.3 Å². The Balaban J connectivity index is 1.48.